The number of fused-ring (bicyclic) bond motifs is 1. The molecule has 0 saturated carbocycles. The summed E-state index contributed by atoms with van der Waals surface area (Å²) in [5, 5.41) is 0. The predicted octanol–water partition coefficient (Wildman–Crippen LogP) is 1.57. The Balaban J connectivity index is 2.04. The third-order valence-corrected chi connectivity index (χ3v) is 5.12. The first-order chi connectivity index (χ1) is 15.3. The number of H-pyrrole nitrogens is 1. The molecule has 13 heteroatoms. The number of nitrogens with one attached hydrogen (secondary N) is 1. The lowest BCUT2D eigenvalue weighted by molar-refractivity contribution is -0.169. The van der Waals surface area contributed by atoms with E-state index in [0.717, 1.165) is 0 Å². The minimum Gasteiger partial charge on any atom is -0.463 e. The molecule has 3 rings (SSSR count). The van der Waals surface area contributed by atoms with Crippen LogP contribution in [0.4, 0.5) is 5.95 Å². The predicted molar refractivity (Wildman–Crippen MR) is 113 cm³/mol. The number of nitrogen functional groups attached to an aromatic ring is 1. The smallest absolute Gasteiger partial charge is 0.306 e. The summed E-state index contributed by atoms with van der Waals surface area (Å²) in [7, 11) is 0. The number of imidazole rings is 1. The SMILES string of the molecule is CCC(=O)OC[C@H]1O[C@@H](n2cnc3c(=S)nc(N)[nH]c32)[C@@H](OC(=O)CC)[C@H]1OC(=O)CC. The van der Waals surface area contributed by atoms with Gasteiger partial charge in [-0.15, -0.1) is 0 Å². The van der Waals surface area contributed by atoms with Gasteiger partial charge in [0.25, 0.3) is 0 Å². The molecule has 0 aliphatic carbocycles. The van der Waals surface area contributed by atoms with Crippen LogP contribution >= 0.6 is 12.2 Å². The standard InChI is InChI=1S/C19H25N5O7S/c1-4-10(25)28-7-9-14(30-11(26)5-2)15(31-12(27)6-3)18(29-9)24-8-21-13-16(24)22-19(20)23-17(13)32/h8-9,14-15,18H,4-7H2,1-3H3,(H3,20,22,23,32)/t9-,14+,15+,18-/m1/s1. The van der Waals surface area contributed by atoms with Crippen molar-refractivity contribution in [3.63, 3.8) is 0 Å². The van der Waals surface area contributed by atoms with Gasteiger partial charge in [0.15, 0.2) is 29.0 Å². The van der Waals surface area contributed by atoms with Crippen molar-refractivity contribution in [1.29, 1.82) is 0 Å². The van der Waals surface area contributed by atoms with Crippen molar-refractivity contribution in [3.05, 3.63) is 11.0 Å². The van der Waals surface area contributed by atoms with Crippen LogP contribution in [-0.2, 0) is 33.3 Å². The number of aromatic nitrogens is 4. The topological polar surface area (TPSA) is 161 Å². The van der Waals surface area contributed by atoms with E-state index < -0.39 is 42.4 Å². The molecule has 4 atom stereocenters. The number of hydrogen-bond donors (Lipinski definition) is 2. The zero-order chi connectivity index (χ0) is 23.4. The van der Waals surface area contributed by atoms with Gasteiger partial charge in [0, 0.05) is 19.3 Å². The monoisotopic (exact) mass is 467 g/mol. The van der Waals surface area contributed by atoms with Gasteiger partial charge in [-0.1, -0.05) is 33.0 Å². The molecule has 0 amide bonds. The molecule has 1 fully saturated rings. The number of nitrogens with two attached hydrogens (primary N) is 1. The summed E-state index contributed by atoms with van der Waals surface area (Å²) in [6, 6.07) is 0. The fraction of sp³-hybridized carbons (Fsp3) is 0.579. The first-order valence-corrected chi connectivity index (χ1v) is 10.6. The fourth-order valence-electron chi connectivity index (χ4n) is 3.23. The average molecular weight is 468 g/mol. The van der Waals surface area contributed by atoms with Gasteiger partial charge < -0.3 is 29.7 Å². The Morgan fingerprint density at radius 1 is 1.12 bits per heavy atom. The van der Waals surface area contributed by atoms with Crippen molar-refractivity contribution in [3.8, 4) is 0 Å². The Kier molecular flexibility index (Phi) is 7.40. The van der Waals surface area contributed by atoms with Crippen molar-refractivity contribution >= 4 is 47.2 Å². The zero-order valence-corrected chi connectivity index (χ0v) is 18.7. The Morgan fingerprint density at radius 3 is 2.38 bits per heavy atom. The molecule has 12 nitrogen and oxygen atoms in total. The molecule has 174 valence electrons. The zero-order valence-electron chi connectivity index (χ0n) is 17.9. The molecule has 0 bridgehead atoms. The first kappa shape index (κ1) is 23.6. The van der Waals surface area contributed by atoms with E-state index in [4.69, 9.17) is 36.9 Å². The molecule has 3 heterocycles. The fourth-order valence-corrected chi connectivity index (χ4v) is 3.47. The second kappa shape index (κ2) is 10.0. The first-order valence-electron chi connectivity index (χ1n) is 10.2. The summed E-state index contributed by atoms with van der Waals surface area (Å²) in [5.41, 5.74) is 6.54. The number of rotatable bonds is 8. The number of carbonyl (C=O) groups is 3. The van der Waals surface area contributed by atoms with Gasteiger partial charge in [0.2, 0.25) is 0 Å². The van der Waals surface area contributed by atoms with Crippen molar-refractivity contribution in [2.24, 2.45) is 0 Å². The molecular weight excluding hydrogens is 442 g/mol. The maximum Gasteiger partial charge on any atom is 0.306 e. The third-order valence-electron chi connectivity index (χ3n) is 4.83. The number of carbonyl (C=O) groups excluding carboxylic acids is 3. The molecule has 0 radical (unpaired) electrons. The van der Waals surface area contributed by atoms with Gasteiger partial charge in [-0.2, -0.15) is 0 Å². The second-order valence-electron chi connectivity index (χ2n) is 6.99. The Labute approximate surface area is 188 Å². The molecule has 1 aliphatic rings. The van der Waals surface area contributed by atoms with Gasteiger partial charge in [0.05, 0.1) is 6.33 Å². The molecule has 32 heavy (non-hydrogen) atoms. The summed E-state index contributed by atoms with van der Waals surface area (Å²) in [4.78, 5) is 47.1. The van der Waals surface area contributed by atoms with E-state index in [1.165, 1.54) is 10.9 Å². The van der Waals surface area contributed by atoms with E-state index in [1.54, 1.807) is 20.8 Å². The van der Waals surface area contributed by atoms with Gasteiger partial charge in [0.1, 0.15) is 23.9 Å². The molecule has 1 saturated heterocycles. The van der Waals surface area contributed by atoms with E-state index >= 15 is 0 Å². The number of nitrogens with zero attached hydrogens (tertiary/aromatic N) is 3. The van der Waals surface area contributed by atoms with Crippen LogP contribution in [0.25, 0.3) is 11.2 Å². The van der Waals surface area contributed by atoms with Crippen molar-refractivity contribution in [1.82, 2.24) is 19.5 Å². The molecule has 3 N–H and O–H groups in total. The quantitative estimate of drug-likeness (QED) is 0.329. The van der Waals surface area contributed by atoms with Crippen LogP contribution in [0.15, 0.2) is 6.33 Å². The lowest BCUT2D eigenvalue weighted by atomic mass is 10.1. The van der Waals surface area contributed by atoms with Crippen LogP contribution < -0.4 is 5.73 Å². The second-order valence-corrected chi connectivity index (χ2v) is 7.38. The lowest BCUT2D eigenvalue weighted by Crippen LogP contribution is -2.41. The van der Waals surface area contributed by atoms with Crippen molar-refractivity contribution < 1.29 is 33.3 Å². The summed E-state index contributed by atoms with van der Waals surface area (Å²) in [5.74, 6) is -1.43. The minimum absolute atomic E-state index is 0.0618. The summed E-state index contributed by atoms with van der Waals surface area (Å²) in [6.07, 6.45) is -2.14. The molecule has 0 aromatic carbocycles. The minimum atomic E-state index is -1.04. The van der Waals surface area contributed by atoms with Gasteiger partial charge in [-0.25, -0.2) is 9.97 Å². The summed E-state index contributed by atoms with van der Waals surface area (Å²) in [6.45, 7) is 4.72. The molecular formula is C19H25N5O7S. The van der Waals surface area contributed by atoms with E-state index in [9.17, 15) is 14.4 Å². The lowest BCUT2D eigenvalue weighted by Gasteiger charge is -2.24. The average Bonchev–Trinajstić information content (AvgIpc) is 3.33. The molecule has 2 aromatic heterocycles. The van der Waals surface area contributed by atoms with Crippen LogP contribution in [0.5, 0.6) is 0 Å². The van der Waals surface area contributed by atoms with Crippen LogP contribution in [0.2, 0.25) is 0 Å². The van der Waals surface area contributed by atoms with Gasteiger partial charge in [-0.05, 0) is 0 Å². The van der Waals surface area contributed by atoms with E-state index in [1.807, 2.05) is 0 Å². The van der Waals surface area contributed by atoms with Crippen molar-refractivity contribution in [2.45, 2.75) is 64.6 Å². The normalized spacial score (nSPS) is 22.6. The van der Waals surface area contributed by atoms with Crippen molar-refractivity contribution in [2.75, 3.05) is 12.3 Å². The highest BCUT2D eigenvalue weighted by Crippen LogP contribution is 2.36. The summed E-state index contributed by atoms with van der Waals surface area (Å²) >= 11 is 5.21. The highest BCUT2D eigenvalue weighted by atomic mass is 32.1. The third kappa shape index (κ3) is 4.88. The number of anilines is 1. The summed E-state index contributed by atoms with van der Waals surface area (Å²) < 4.78 is 24.2. The molecule has 0 unspecified atom stereocenters. The molecule has 2 aromatic rings. The molecule has 1 aliphatic heterocycles. The Bertz CT molecular complexity index is 1070. The van der Waals surface area contributed by atoms with Crippen LogP contribution in [-0.4, -0.2) is 62.3 Å². The maximum atomic E-state index is 12.2. The maximum absolute atomic E-state index is 12.2. The number of hydrogen-bond acceptors (Lipinski definition) is 11. The van der Waals surface area contributed by atoms with Crippen LogP contribution in [0.1, 0.15) is 46.3 Å². The van der Waals surface area contributed by atoms with Gasteiger partial charge in [-0.3, -0.25) is 19.0 Å². The highest BCUT2D eigenvalue weighted by molar-refractivity contribution is 7.71. The number of esters is 3. The van der Waals surface area contributed by atoms with E-state index in [0.29, 0.717) is 11.2 Å². The largest absolute Gasteiger partial charge is 0.463 e. The Hall–Kier alpha value is -3.06. The number of aromatic amines is 1. The van der Waals surface area contributed by atoms with E-state index in [2.05, 4.69) is 15.0 Å². The van der Waals surface area contributed by atoms with E-state index in [-0.39, 0.29) is 36.5 Å². The highest BCUT2D eigenvalue weighted by Gasteiger charge is 2.51. The molecule has 0 spiro atoms. The van der Waals surface area contributed by atoms with Crippen LogP contribution in [0.3, 0.4) is 0 Å². The Morgan fingerprint density at radius 2 is 1.75 bits per heavy atom. The van der Waals surface area contributed by atoms with Crippen LogP contribution in [0, 0.1) is 4.64 Å². The number of ether oxygens (including phenoxy) is 4. The van der Waals surface area contributed by atoms with Gasteiger partial charge >= 0.3 is 17.9 Å².